The summed E-state index contributed by atoms with van der Waals surface area (Å²) in [5.74, 6) is -1.35. The van der Waals surface area contributed by atoms with Crippen molar-refractivity contribution >= 4 is 45.7 Å². The maximum absolute atomic E-state index is 14.0. The summed E-state index contributed by atoms with van der Waals surface area (Å²) in [6.07, 6.45) is 2.97. The highest BCUT2D eigenvalue weighted by molar-refractivity contribution is 8.00. The molecular formula is C27H21FN4O4S2. The molecule has 1 unspecified atom stereocenters. The molecule has 0 aliphatic carbocycles. The number of ether oxygens (including phenoxy) is 1. The van der Waals surface area contributed by atoms with E-state index in [0.29, 0.717) is 39.1 Å². The number of amides is 1. The average molecular weight is 549 g/mol. The molecule has 1 N–H and O–H groups in total. The third kappa shape index (κ3) is 5.02. The second kappa shape index (κ2) is 11.1. The molecule has 0 spiro atoms. The zero-order valence-electron chi connectivity index (χ0n) is 20.1. The number of halogens is 1. The van der Waals surface area contributed by atoms with Gasteiger partial charge in [-0.05, 0) is 48.4 Å². The Morgan fingerprint density at radius 2 is 1.82 bits per heavy atom. The molecule has 4 aromatic rings. The SMILES string of the molecule is CCOc1ccc(C2/C(=C(\O)c3ccncc3)C(=O)C(=O)N2c2nnc(SCc3ccccc3F)s2)cc1. The van der Waals surface area contributed by atoms with Crippen molar-refractivity contribution in [1.29, 1.82) is 0 Å². The van der Waals surface area contributed by atoms with Gasteiger partial charge in [0.05, 0.1) is 18.2 Å². The van der Waals surface area contributed by atoms with Crippen LogP contribution in [-0.2, 0) is 15.3 Å². The van der Waals surface area contributed by atoms with Gasteiger partial charge in [0.15, 0.2) is 4.34 Å². The molecule has 8 nitrogen and oxygen atoms in total. The molecular weight excluding hydrogens is 527 g/mol. The Morgan fingerprint density at radius 1 is 1.08 bits per heavy atom. The van der Waals surface area contributed by atoms with Crippen molar-refractivity contribution < 1.29 is 23.8 Å². The van der Waals surface area contributed by atoms with Crippen molar-refractivity contribution in [3.63, 3.8) is 0 Å². The van der Waals surface area contributed by atoms with Gasteiger partial charge < -0.3 is 9.84 Å². The highest BCUT2D eigenvalue weighted by Gasteiger charge is 2.48. The fourth-order valence-corrected chi connectivity index (χ4v) is 5.89. The first-order valence-corrected chi connectivity index (χ1v) is 13.4. The highest BCUT2D eigenvalue weighted by Crippen LogP contribution is 2.44. The second-order valence-electron chi connectivity index (χ2n) is 8.14. The second-order valence-corrected chi connectivity index (χ2v) is 10.3. The average Bonchev–Trinajstić information content (AvgIpc) is 3.51. The van der Waals surface area contributed by atoms with E-state index in [1.165, 1.54) is 35.1 Å². The number of hydrogen-bond donors (Lipinski definition) is 1. The smallest absolute Gasteiger partial charge is 0.301 e. The zero-order chi connectivity index (χ0) is 26.6. The molecule has 1 fully saturated rings. The van der Waals surface area contributed by atoms with Crippen LogP contribution in [0.25, 0.3) is 5.76 Å². The molecule has 11 heteroatoms. The summed E-state index contributed by atoms with van der Waals surface area (Å²) in [5.41, 5.74) is 1.38. The fraction of sp³-hybridized carbons (Fsp3) is 0.148. The lowest BCUT2D eigenvalue weighted by Crippen LogP contribution is -2.29. The first-order chi connectivity index (χ1) is 18.5. The minimum absolute atomic E-state index is 0.0684. The van der Waals surface area contributed by atoms with E-state index in [9.17, 15) is 19.1 Å². The van der Waals surface area contributed by atoms with Gasteiger partial charge in [0.25, 0.3) is 5.78 Å². The summed E-state index contributed by atoms with van der Waals surface area (Å²) in [7, 11) is 0. The number of aromatic nitrogens is 3. The predicted molar refractivity (Wildman–Crippen MR) is 143 cm³/mol. The number of carbonyl (C=O) groups is 2. The van der Waals surface area contributed by atoms with Gasteiger partial charge in [-0.2, -0.15) is 0 Å². The van der Waals surface area contributed by atoms with Gasteiger partial charge in [0.2, 0.25) is 5.13 Å². The van der Waals surface area contributed by atoms with Gasteiger partial charge in [-0.3, -0.25) is 19.5 Å². The standard InChI is InChI=1S/C27H21FN4O4S2/c1-2-36-19-9-7-16(8-10-19)22-21(23(33)17-11-13-29-14-12-17)24(34)25(35)32(22)26-30-31-27(38-26)37-15-18-5-3-4-6-20(18)28/h3-14,22,33H,2,15H2,1H3/b23-21+. The van der Waals surface area contributed by atoms with Crippen molar-refractivity contribution in [2.75, 3.05) is 11.5 Å². The lowest BCUT2D eigenvalue weighted by atomic mass is 9.95. The van der Waals surface area contributed by atoms with Crippen LogP contribution in [0, 0.1) is 5.82 Å². The van der Waals surface area contributed by atoms with E-state index in [-0.39, 0.29) is 22.3 Å². The van der Waals surface area contributed by atoms with Gasteiger partial charge >= 0.3 is 5.91 Å². The monoisotopic (exact) mass is 548 g/mol. The number of nitrogens with zero attached hydrogens (tertiary/aromatic N) is 4. The summed E-state index contributed by atoms with van der Waals surface area (Å²) in [5, 5.41) is 19.7. The van der Waals surface area contributed by atoms with E-state index in [1.54, 1.807) is 54.6 Å². The van der Waals surface area contributed by atoms with E-state index >= 15 is 0 Å². The Kier molecular flexibility index (Phi) is 7.47. The summed E-state index contributed by atoms with van der Waals surface area (Å²) >= 11 is 2.39. The number of rotatable bonds is 8. The molecule has 192 valence electrons. The molecule has 2 aromatic carbocycles. The van der Waals surface area contributed by atoms with Gasteiger partial charge in [-0.15, -0.1) is 10.2 Å². The van der Waals surface area contributed by atoms with Crippen LogP contribution in [0.2, 0.25) is 0 Å². The minimum Gasteiger partial charge on any atom is -0.507 e. The number of aliphatic hydroxyl groups excluding tert-OH is 1. The molecule has 0 bridgehead atoms. The molecule has 1 atom stereocenters. The molecule has 1 aliphatic heterocycles. The normalized spacial score (nSPS) is 16.7. The Hall–Kier alpha value is -4.09. The fourth-order valence-electron chi connectivity index (χ4n) is 4.04. The van der Waals surface area contributed by atoms with Gasteiger partial charge in [0.1, 0.15) is 17.3 Å². The van der Waals surface area contributed by atoms with Gasteiger partial charge in [-0.25, -0.2) is 4.39 Å². The van der Waals surface area contributed by atoms with Crippen molar-refractivity contribution in [2.45, 2.75) is 23.1 Å². The molecule has 0 saturated carbocycles. The summed E-state index contributed by atoms with van der Waals surface area (Å²) < 4.78 is 20.1. The first-order valence-electron chi connectivity index (χ1n) is 11.6. The number of thioether (sulfide) groups is 1. The van der Waals surface area contributed by atoms with Crippen molar-refractivity contribution in [1.82, 2.24) is 15.2 Å². The number of aliphatic hydroxyl groups is 1. The molecule has 0 radical (unpaired) electrons. The summed E-state index contributed by atoms with van der Waals surface area (Å²) in [4.78, 5) is 31.8. The van der Waals surface area contributed by atoms with Gasteiger partial charge in [-0.1, -0.05) is 53.4 Å². The van der Waals surface area contributed by atoms with Crippen LogP contribution < -0.4 is 9.64 Å². The molecule has 5 rings (SSSR count). The molecule has 2 aromatic heterocycles. The number of anilines is 1. The minimum atomic E-state index is -0.948. The van der Waals surface area contributed by atoms with Crippen LogP contribution in [0.15, 0.2) is 83.0 Å². The lowest BCUT2D eigenvalue weighted by Gasteiger charge is -2.22. The van der Waals surface area contributed by atoms with Crippen molar-refractivity contribution in [3.05, 3.63) is 101 Å². The third-order valence-electron chi connectivity index (χ3n) is 5.82. The number of benzene rings is 2. The van der Waals surface area contributed by atoms with Crippen molar-refractivity contribution in [3.8, 4) is 5.75 Å². The lowest BCUT2D eigenvalue weighted by molar-refractivity contribution is -0.132. The number of Topliss-reactive ketones (excluding diaryl/α,β-unsaturated/α-hetero) is 1. The quantitative estimate of drug-likeness (QED) is 0.103. The van der Waals surface area contributed by atoms with E-state index in [4.69, 9.17) is 4.74 Å². The first kappa shape index (κ1) is 25.6. The van der Waals surface area contributed by atoms with Crippen LogP contribution in [-0.4, -0.2) is 38.6 Å². The maximum atomic E-state index is 14.0. The predicted octanol–water partition coefficient (Wildman–Crippen LogP) is 5.39. The Labute approximate surface area is 225 Å². The summed E-state index contributed by atoms with van der Waals surface area (Å²) in [6, 6.07) is 15.6. The van der Waals surface area contributed by atoms with Crippen LogP contribution in [0.1, 0.15) is 29.7 Å². The largest absolute Gasteiger partial charge is 0.507 e. The Bertz CT molecular complexity index is 1510. The van der Waals surface area contributed by atoms with Crippen LogP contribution >= 0.6 is 23.1 Å². The molecule has 1 saturated heterocycles. The molecule has 38 heavy (non-hydrogen) atoms. The zero-order valence-corrected chi connectivity index (χ0v) is 21.7. The van der Waals surface area contributed by atoms with Crippen LogP contribution in [0.3, 0.4) is 0 Å². The molecule has 3 heterocycles. The Morgan fingerprint density at radius 3 is 2.53 bits per heavy atom. The van der Waals surface area contributed by atoms with Crippen LogP contribution in [0.5, 0.6) is 5.75 Å². The van der Waals surface area contributed by atoms with Crippen LogP contribution in [0.4, 0.5) is 9.52 Å². The molecule has 1 aliphatic rings. The van der Waals surface area contributed by atoms with E-state index in [1.807, 2.05) is 6.92 Å². The third-order valence-corrected chi connectivity index (χ3v) is 7.92. The topological polar surface area (TPSA) is 106 Å². The highest BCUT2D eigenvalue weighted by atomic mass is 32.2. The number of carbonyl (C=O) groups excluding carboxylic acids is 2. The molecule has 1 amide bonds. The van der Waals surface area contributed by atoms with E-state index in [0.717, 1.165) is 11.3 Å². The Balaban J connectivity index is 1.53. The number of hydrogen-bond acceptors (Lipinski definition) is 9. The number of ketones is 1. The van der Waals surface area contributed by atoms with Crippen molar-refractivity contribution in [2.24, 2.45) is 0 Å². The van der Waals surface area contributed by atoms with E-state index < -0.39 is 17.7 Å². The maximum Gasteiger partial charge on any atom is 0.301 e. The van der Waals surface area contributed by atoms with E-state index in [2.05, 4.69) is 15.2 Å². The van der Waals surface area contributed by atoms with Gasteiger partial charge in [0, 0.05) is 23.7 Å². The number of pyridine rings is 1. The summed E-state index contributed by atoms with van der Waals surface area (Å²) in [6.45, 7) is 2.35.